The molecule has 0 unspecified atom stereocenters. The average Bonchev–Trinajstić information content (AvgIpc) is 2.89. The van der Waals surface area contributed by atoms with Gasteiger partial charge >= 0.3 is 0 Å². The fourth-order valence-electron chi connectivity index (χ4n) is 3.36. The van der Waals surface area contributed by atoms with Gasteiger partial charge in [-0.3, -0.25) is 4.98 Å². The van der Waals surface area contributed by atoms with Crippen LogP contribution in [-0.2, 0) is 13.0 Å². The zero-order valence-corrected chi connectivity index (χ0v) is 15.9. The van der Waals surface area contributed by atoms with Gasteiger partial charge in [-0.2, -0.15) is 0 Å². The van der Waals surface area contributed by atoms with Gasteiger partial charge in [0.15, 0.2) is 0 Å². The lowest BCUT2D eigenvalue weighted by Crippen LogP contribution is -2.02. The minimum atomic E-state index is 0.436. The zero-order valence-electron chi connectivity index (χ0n) is 15.9. The highest BCUT2D eigenvalue weighted by Crippen LogP contribution is 2.30. The summed E-state index contributed by atoms with van der Waals surface area (Å²) in [5.74, 6) is 0.436. The van der Waals surface area contributed by atoms with Crippen LogP contribution in [0.3, 0.4) is 0 Å². The molecule has 3 nitrogen and oxygen atoms in total. The van der Waals surface area contributed by atoms with Gasteiger partial charge in [0.25, 0.3) is 0 Å². The van der Waals surface area contributed by atoms with Crippen molar-refractivity contribution in [1.82, 2.24) is 14.5 Å². The van der Waals surface area contributed by atoms with Crippen LogP contribution in [-0.4, -0.2) is 14.5 Å². The Bertz CT molecular complexity index is 932. The molecule has 0 N–H and O–H groups in total. The molecule has 130 valence electrons. The van der Waals surface area contributed by atoms with Crippen LogP contribution in [0, 0.1) is 13.8 Å². The standard InChI is InChI=1S/C22H27N3/c1-7-11-25-13-16(6)22-20(25)12-15(5)21(24-22)17-9-10-19(14(3)4)23-18(17)8-2/h7,9-10,12-14H,1,8,11H2,2-6H3. The predicted molar refractivity (Wildman–Crippen MR) is 106 cm³/mol. The second kappa shape index (κ2) is 6.83. The predicted octanol–water partition coefficient (Wildman–Crippen LogP) is 5.59. The normalized spacial score (nSPS) is 11.4. The van der Waals surface area contributed by atoms with Crippen LogP contribution in [0.25, 0.3) is 22.3 Å². The van der Waals surface area contributed by atoms with Crippen LogP contribution in [0.2, 0.25) is 0 Å². The van der Waals surface area contributed by atoms with Crippen molar-refractivity contribution < 1.29 is 0 Å². The number of aromatic nitrogens is 3. The topological polar surface area (TPSA) is 30.7 Å². The van der Waals surface area contributed by atoms with E-state index in [1.54, 1.807) is 0 Å². The Morgan fingerprint density at radius 2 is 1.92 bits per heavy atom. The Morgan fingerprint density at radius 3 is 2.56 bits per heavy atom. The Hall–Kier alpha value is -2.42. The maximum Gasteiger partial charge on any atom is 0.0917 e. The third-order valence-corrected chi connectivity index (χ3v) is 4.73. The van der Waals surface area contributed by atoms with Gasteiger partial charge in [0, 0.05) is 29.7 Å². The number of rotatable bonds is 5. The van der Waals surface area contributed by atoms with E-state index in [2.05, 4.69) is 70.2 Å². The molecule has 3 aromatic rings. The number of hydrogen-bond donors (Lipinski definition) is 0. The molecule has 0 bridgehead atoms. The number of allylic oxidation sites excluding steroid dienone is 1. The molecule has 0 spiro atoms. The molecule has 0 atom stereocenters. The Labute approximate surface area is 150 Å². The Morgan fingerprint density at radius 1 is 1.16 bits per heavy atom. The largest absolute Gasteiger partial charge is 0.342 e. The van der Waals surface area contributed by atoms with Gasteiger partial charge in [-0.05, 0) is 55.5 Å². The zero-order chi connectivity index (χ0) is 18.1. The molecule has 3 heterocycles. The van der Waals surface area contributed by atoms with Crippen molar-refractivity contribution in [3.8, 4) is 11.3 Å². The van der Waals surface area contributed by atoms with Crippen molar-refractivity contribution in [2.45, 2.75) is 53.5 Å². The highest BCUT2D eigenvalue weighted by Gasteiger charge is 2.15. The SMILES string of the molecule is C=CCn1cc(C)c2nc(-c3ccc(C(C)C)nc3CC)c(C)cc21. The lowest BCUT2D eigenvalue weighted by Gasteiger charge is -2.13. The monoisotopic (exact) mass is 333 g/mol. The van der Waals surface area contributed by atoms with Crippen molar-refractivity contribution in [2.75, 3.05) is 0 Å². The van der Waals surface area contributed by atoms with Crippen LogP contribution in [0.15, 0.2) is 37.1 Å². The number of nitrogens with zero attached hydrogens (tertiary/aromatic N) is 3. The molecule has 0 aliphatic rings. The summed E-state index contributed by atoms with van der Waals surface area (Å²) in [6.45, 7) is 15.4. The third kappa shape index (κ3) is 3.11. The van der Waals surface area contributed by atoms with Crippen molar-refractivity contribution >= 4 is 11.0 Å². The lowest BCUT2D eigenvalue weighted by atomic mass is 10.0. The van der Waals surface area contributed by atoms with Gasteiger partial charge in [-0.1, -0.05) is 26.8 Å². The molecule has 25 heavy (non-hydrogen) atoms. The average molecular weight is 333 g/mol. The third-order valence-electron chi connectivity index (χ3n) is 4.73. The quantitative estimate of drug-likeness (QED) is 0.570. The van der Waals surface area contributed by atoms with E-state index in [0.717, 1.165) is 41.1 Å². The number of hydrogen-bond acceptors (Lipinski definition) is 2. The molecule has 3 rings (SSSR count). The molecule has 0 aliphatic heterocycles. The molecule has 0 aliphatic carbocycles. The molecule has 3 aromatic heterocycles. The first-order valence-electron chi connectivity index (χ1n) is 9.04. The van der Waals surface area contributed by atoms with E-state index in [-0.39, 0.29) is 0 Å². The molecule has 0 saturated heterocycles. The van der Waals surface area contributed by atoms with Crippen molar-refractivity contribution in [3.05, 3.63) is 59.6 Å². The van der Waals surface area contributed by atoms with Gasteiger partial charge in [0.2, 0.25) is 0 Å². The summed E-state index contributed by atoms with van der Waals surface area (Å²) in [6, 6.07) is 6.57. The lowest BCUT2D eigenvalue weighted by molar-refractivity contribution is 0.807. The van der Waals surface area contributed by atoms with E-state index in [1.165, 1.54) is 16.6 Å². The fraction of sp³-hybridized carbons (Fsp3) is 0.364. The van der Waals surface area contributed by atoms with E-state index in [4.69, 9.17) is 9.97 Å². The molecule has 0 amide bonds. The Kier molecular flexibility index (Phi) is 4.76. The van der Waals surface area contributed by atoms with Gasteiger partial charge < -0.3 is 4.57 Å². The summed E-state index contributed by atoms with van der Waals surface area (Å²) in [6.07, 6.45) is 4.99. The van der Waals surface area contributed by atoms with Gasteiger partial charge in [-0.25, -0.2) is 4.98 Å². The van der Waals surface area contributed by atoms with Crippen molar-refractivity contribution in [1.29, 1.82) is 0 Å². The second-order valence-corrected chi connectivity index (χ2v) is 7.01. The highest BCUT2D eigenvalue weighted by molar-refractivity contribution is 5.84. The van der Waals surface area contributed by atoms with Gasteiger partial charge in [-0.15, -0.1) is 6.58 Å². The van der Waals surface area contributed by atoms with Gasteiger partial charge in [0.1, 0.15) is 0 Å². The van der Waals surface area contributed by atoms with E-state index in [9.17, 15) is 0 Å². The molecule has 0 radical (unpaired) electrons. The van der Waals surface area contributed by atoms with Crippen LogP contribution < -0.4 is 0 Å². The van der Waals surface area contributed by atoms with Crippen LogP contribution in [0.1, 0.15) is 49.2 Å². The first-order chi connectivity index (χ1) is 12.0. The van der Waals surface area contributed by atoms with E-state index < -0.39 is 0 Å². The first kappa shape index (κ1) is 17.4. The summed E-state index contributed by atoms with van der Waals surface area (Å²) in [5.41, 5.74) is 9.10. The summed E-state index contributed by atoms with van der Waals surface area (Å²) >= 11 is 0. The minimum Gasteiger partial charge on any atom is -0.342 e. The van der Waals surface area contributed by atoms with Crippen LogP contribution in [0.5, 0.6) is 0 Å². The summed E-state index contributed by atoms with van der Waals surface area (Å²) in [4.78, 5) is 9.92. The molecular weight excluding hydrogens is 306 g/mol. The molecule has 0 fully saturated rings. The van der Waals surface area contributed by atoms with Gasteiger partial charge in [0.05, 0.1) is 16.7 Å². The van der Waals surface area contributed by atoms with Crippen LogP contribution >= 0.6 is 0 Å². The highest BCUT2D eigenvalue weighted by atomic mass is 15.0. The Balaban J connectivity index is 2.21. The maximum absolute atomic E-state index is 5.04. The molecular formula is C22H27N3. The number of fused-ring (bicyclic) bond motifs is 1. The number of aryl methyl sites for hydroxylation is 3. The first-order valence-corrected chi connectivity index (χ1v) is 9.04. The minimum absolute atomic E-state index is 0.436. The van der Waals surface area contributed by atoms with E-state index >= 15 is 0 Å². The summed E-state index contributed by atoms with van der Waals surface area (Å²) in [5, 5.41) is 0. The molecule has 0 aromatic carbocycles. The van der Waals surface area contributed by atoms with Crippen molar-refractivity contribution in [3.63, 3.8) is 0 Å². The van der Waals surface area contributed by atoms with Crippen molar-refractivity contribution in [2.24, 2.45) is 0 Å². The fourth-order valence-corrected chi connectivity index (χ4v) is 3.36. The molecule has 0 saturated carbocycles. The molecule has 3 heteroatoms. The van der Waals surface area contributed by atoms with Crippen LogP contribution in [0.4, 0.5) is 0 Å². The second-order valence-electron chi connectivity index (χ2n) is 7.01. The van der Waals surface area contributed by atoms with E-state index in [1.807, 2.05) is 6.08 Å². The summed E-state index contributed by atoms with van der Waals surface area (Å²) in [7, 11) is 0. The van der Waals surface area contributed by atoms with E-state index in [0.29, 0.717) is 5.92 Å². The maximum atomic E-state index is 5.04. The number of pyridine rings is 2. The smallest absolute Gasteiger partial charge is 0.0917 e. The summed E-state index contributed by atoms with van der Waals surface area (Å²) < 4.78 is 2.21.